The van der Waals surface area contributed by atoms with Crippen molar-refractivity contribution in [3.8, 4) is 21.8 Å². The third kappa shape index (κ3) is 3.17. The molecule has 0 aliphatic rings. The van der Waals surface area contributed by atoms with E-state index in [-0.39, 0.29) is 4.88 Å². The number of hydrogen-bond acceptors (Lipinski definition) is 5. The number of hydrogen-bond donors (Lipinski definition) is 1. The van der Waals surface area contributed by atoms with Crippen molar-refractivity contribution in [1.82, 2.24) is 4.98 Å². The quantitative estimate of drug-likeness (QED) is 0.677. The van der Waals surface area contributed by atoms with E-state index < -0.39 is 16.8 Å². The van der Waals surface area contributed by atoms with E-state index in [0.29, 0.717) is 25.4 Å². The third-order valence-electron chi connectivity index (χ3n) is 3.43. The molecule has 24 heavy (non-hydrogen) atoms. The maximum Gasteiger partial charge on any atom is 0.346 e. The van der Waals surface area contributed by atoms with Gasteiger partial charge in [-0.2, -0.15) is 0 Å². The van der Waals surface area contributed by atoms with Crippen LogP contribution >= 0.6 is 34.3 Å². The molecule has 2 heterocycles. The van der Waals surface area contributed by atoms with Crippen molar-refractivity contribution in [3.63, 3.8) is 0 Å². The second-order valence-corrected chi connectivity index (χ2v) is 8.91. The smallest absolute Gasteiger partial charge is 0.346 e. The van der Waals surface area contributed by atoms with E-state index in [1.54, 1.807) is 25.3 Å². The van der Waals surface area contributed by atoms with Crippen LogP contribution in [0.2, 0.25) is 5.02 Å². The van der Waals surface area contributed by atoms with Gasteiger partial charge in [-0.1, -0.05) is 23.7 Å². The molecule has 1 atom stereocenters. The van der Waals surface area contributed by atoms with E-state index in [1.807, 2.05) is 17.5 Å². The minimum absolute atomic E-state index is 0.207. The van der Waals surface area contributed by atoms with Crippen molar-refractivity contribution >= 4 is 51.0 Å². The Balaban J connectivity index is 2.11. The van der Waals surface area contributed by atoms with E-state index in [2.05, 4.69) is 4.98 Å². The molecular formula is C16H12ClNO3S3. The van der Waals surface area contributed by atoms with Crippen molar-refractivity contribution in [1.29, 1.82) is 0 Å². The Morgan fingerprint density at radius 3 is 2.54 bits per heavy atom. The van der Waals surface area contributed by atoms with Crippen LogP contribution in [0.25, 0.3) is 21.8 Å². The highest BCUT2D eigenvalue weighted by Gasteiger charge is 2.24. The van der Waals surface area contributed by atoms with E-state index in [4.69, 9.17) is 11.6 Å². The summed E-state index contributed by atoms with van der Waals surface area (Å²) < 4.78 is 12.6. The zero-order valence-corrected chi connectivity index (χ0v) is 15.9. The van der Waals surface area contributed by atoms with Gasteiger partial charge >= 0.3 is 5.97 Å². The van der Waals surface area contributed by atoms with Crippen LogP contribution in [0.3, 0.4) is 0 Å². The van der Waals surface area contributed by atoms with Crippen LogP contribution in [-0.4, -0.2) is 26.5 Å². The molecule has 4 nitrogen and oxygen atoms in total. The SMILES string of the molecule is Cc1c(C(=O)O)sc(S(C)=O)c1-c1nc(-c2ccc(Cl)cc2)cs1. The average Bonchev–Trinajstić information content (AvgIpc) is 3.12. The normalized spacial score (nSPS) is 12.3. The van der Waals surface area contributed by atoms with Gasteiger partial charge < -0.3 is 5.11 Å². The highest BCUT2D eigenvalue weighted by atomic mass is 35.5. The molecular weight excluding hydrogens is 386 g/mol. The number of nitrogens with zero attached hydrogens (tertiary/aromatic N) is 1. The van der Waals surface area contributed by atoms with Gasteiger partial charge in [-0.15, -0.1) is 22.7 Å². The van der Waals surface area contributed by atoms with Gasteiger partial charge in [-0.05, 0) is 24.6 Å². The predicted molar refractivity (Wildman–Crippen MR) is 99.9 cm³/mol. The fraction of sp³-hybridized carbons (Fsp3) is 0.125. The van der Waals surface area contributed by atoms with E-state index in [1.165, 1.54) is 11.3 Å². The van der Waals surface area contributed by atoms with Crippen LogP contribution in [-0.2, 0) is 10.8 Å². The van der Waals surface area contributed by atoms with Crippen LogP contribution < -0.4 is 0 Å². The maximum absolute atomic E-state index is 12.0. The molecule has 3 rings (SSSR count). The molecule has 0 radical (unpaired) electrons. The number of rotatable bonds is 4. The fourth-order valence-corrected chi connectivity index (χ4v) is 5.61. The molecule has 1 N–H and O–H groups in total. The summed E-state index contributed by atoms with van der Waals surface area (Å²) in [6, 6.07) is 7.34. The average molecular weight is 398 g/mol. The highest BCUT2D eigenvalue weighted by Crippen LogP contribution is 2.40. The van der Waals surface area contributed by atoms with Gasteiger partial charge in [0.1, 0.15) is 14.1 Å². The van der Waals surface area contributed by atoms with Crippen molar-refractivity contribution in [2.75, 3.05) is 6.26 Å². The topological polar surface area (TPSA) is 67.3 Å². The summed E-state index contributed by atoms with van der Waals surface area (Å²) in [6.07, 6.45) is 1.55. The molecule has 3 aromatic rings. The van der Waals surface area contributed by atoms with Crippen molar-refractivity contribution in [2.45, 2.75) is 11.1 Å². The lowest BCUT2D eigenvalue weighted by molar-refractivity contribution is 0.0701. The summed E-state index contributed by atoms with van der Waals surface area (Å²) in [7, 11) is -1.28. The Hall–Kier alpha value is -1.54. The van der Waals surface area contributed by atoms with Crippen LogP contribution in [0.4, 0.5) is 0 Å². The summed E-state index contributed by atoms with van der Waals surface area (Å²) in [6.45, 7) is 1.73. The highest BCUT2D eigenvalue weighted by molar-refractivity contribution is 7.86. The summed E-state index contributed by atoms with van der Waals surface area (Å²) in [5.41, 5.74) is 2.98. The Morgan fingerprint density at radius 1 is 1.29 bits per heavy atom. The van der Waals surface area contributed by atoms with Crippen molar-refractivity contribution in [3.05, 3.63) is 45.1 Å². The van der Waals surface area contributed by atoms with Gasteiger partial charge in [0.25, 0.3) is 0 Å². The number of thiophene rings is 1. The molecule has 1 aromatic carbocycles. The molecule has 0 saturated carbocycles. The summed E-state index contributed by atoms with van der Waals surface area (Å²) in [4.78, 5) is 16.2. The molecule has 1 unspecified atom stereocenters. The molecule has 0 saturated heterocycles. The lowest BCUT2D eigenvalue weighted by Gasteiger charge is -2.00. The second-order valence-electron chi connectivity index (χ2n) is 5.02. The Bertz CT molecular complexity index is 944. The maximum atomic E-state index is 12.0. The first-order chi connectivity index (χ1) is 11.4. The fourth-order valence-electron chi connectivity index (χ4n) is 2.28. The summed E-state index contributed by atoms with van der Waals surface area (Å²) in [5, 5.41) is 12.5. The third-order valence-corrected chi connectivity index (χ3v) is 7.29. The molecule has 8 heteroatoms. The van der Waals surface area contributed by atoms with Crippen LogP contribution in [0.1, 0.15) is 15.2 Å². The molecule has 0 bridgehead atoms. The second kappa shape index (κ2) is 6.76. The summed E-state index contributed by atoms with van der Waals surface area (Å²) in [5.74, 6) is -1.01. The Morgan fingerprint density at radius 2 is 1.96 bits per heavy atom. The van der Waals surface area contributed by atoms with E-state index >= 15 is 0 Å². The first-order valence-electron chi connectivity index (χ1n) is 6.80. The molecule has 0 spiro atoms. The van der Waals surface area contributed by atoms with Gasteiger partial charge in [0.05, 0.1) is 16.5 Å². The number of aromatic nitrogens is 1. The van der Waals surface area contributed by atoms with E-state index in [9.17, 15) is 14.1 Å². The van der Waals surface area contributed by atoms with Gasteiger partial charge in [-0.25, -0.2) is 9.78 Å². The number of aromatic carboxylic acids is 1. The Labute approximate surface area is 154 Å². The number of halogens is 1. The van der Waals surface area contributed by atoms with Gasteiger partial charge in [-0.3, -0.25) is 4.21 Å². The van der Waals surface area contributed by atoms with Crippen LogP contribution in [0.5, 0.6) is 0 Å². The number of carboxylic acids is 1. The monoisotopic (exact) mass is 397 g/mol. The van der Waals surface area contributed by atoms with Gasteiger partial charge in [0.15, 0.2) is 0 Å². The molecule has 0 amide bonds. The summed E-state index contributed by atoms with van der Waals surface area (Å²) >= 11 is 8.36. The Kier molecular flexibility index (Phi) is 4.87. The molecule has 0 aliphatic carbocycles. The number of benzene rings is 1. The first-order valence-corrected chi connectivity index (χ1v) is 10.4. The van der Waals surface area contributed by atoms with Gasteiger partial charge in [0.2, 0.25) is 0 Å². The van der Waals surface area contributed by atoms with Crippen LogP contribution in [0.15, 0.2) is 33.9 Å². The zero-order valence-electron chi connectivity index (χ0n) is 12.7. The number of carbonyl (C=O) groups is 1. The lowest BCUT2D eigenvalue weighted by Crippen LogP contribution is -1.94. The van der Waals surface area contributed by atoms with E-state index in [0.717, 1.165) is 22.6 Å². The number of carboxylic acid groups (broad SMARTS) is 1. The lowest BCUT2D eigenvalue weighted by atomic mass is 10.1. The van der Waals surface area contributed by atoms with Crippen molar-refractivity contribution in [2.24, 2.45) is 0 Å². The molecule has 2 aromatic heterocycles. The standard InChI is InChI=1S/C16H12ClNO3S3/c1-8-12(16(24(2)21)23-13(8)15(19)20)14-18-11(7-22-14)9-3-5-10(17)6-4-9/h3-7H,1-2H3,(H,19,20). The largest absolute Gasteiger partial charge is 0.477 e. The van der Waals surface area contributed by atoms with Crippen LogP contribution in [0, 0.1) is 6.92 Å². The molecule has 0 aliphatic heterocycles. The zero-order chi connectivity index (χ0) is 17.4. The number of thiazole rings is 1. The van der Waals surface area contributed by atoms with Gasteiger partial charge in [0, 0.05) is 27.8 Å². The first kappa shape index (κ1) is 17.3. The minimum atomic E-state index is -1.28. The van der Waals surface area contributed by atoms with Crippen molar-refractivity contribution < 1.29 is 14.1 Å². The predicted octanol–water partition coefficient (Wildman–Crippen LogP) is 4.94. The molecule has 0 fully saturated rings. The minimum Gasteiger partial charge on any atom is -0.477 e. The molecule has 124 valence electrons.